The van der Waals surface area contributed by atoms with Crippen LogP contribution in [0.3, 0.4) is 0 Å². The first kappa shape index (κ1) is 14.8. The number of rotatable bonds is 8. The third kappa shape index (κ3) is 4.22. The number of unbranched alkanes of at least 4 members (excludes halogenated alkanes) is 2. The molecule has 0 aromatic heterocycles. The smallest absolute Gasteiger partial charge is 0.120 e. The topological polar surface area (TPSA) is 38.5 Å². The molecule has 18 heavy (non-hydrogen) atoms. The fraction of sp³-hybridized carbons (Fsp3) is 0.600. The average Bonchev–Trinajstić information content (AvgIpc) is 2.43. The van der Waals surface area contributed by atoms with E-state index in [0.717, 1.165) is 12.2 Å². The molecule has 1 aromatic carbocycles. The number of likely N-dealkylation sites (N-methyl/N-ethyl adjacent to an activating group) is 1. The predicted octanol–water partition coefficient (Wildman–Crippen LogP) is 3.04. The van der Waals surface area contributed by atoms with Crippen molar-refractivity contribution < 1.29 is 4.74 Å². The highest BCUT2D eigenvalue weighted by atomic mass is 16.5. The quantitative estimate of drug-likeness (QED) is 0.721. The van der Waals surface area contributed by atoms with Gasteiger partial charge in [-0.15, -0.1) is 0 Å². The first-order valence-electron chi connectivity index (χ1n) is 6.79. The van der Waals surface area contributed by atoms with Gasteiger partial charge in [-0.3, -0.25) is 0 Å². The van der Waals surface area contributed by atoms with Crippen molar-refractivity contribution in [3.8, 4) is 5.75 Å². The Labute approximate surface area is 111 Å². The zero-order chi connectivity index (χ0) is 13.4. The number of benzene rings is 1. The lowest BCUT2D eigenvalue weighted by molar-refractivity contribution is 0.414. The summed E-state index contributed by atoms with van der Waals surface area (Å²) in [6, 6.07) is 8.55. The van der Waals surface area contributed by atoms with Crippen molar-refractivity contribution in [1.82, 2.24) is 0 Å². The van der Waals surface area contributed by atoms with Gasteiger partial charge < -0.3 is 15.4 Å². The Bertz CT molecular complexity index is 341. The van der Waals surface area contributed by atoms with E-state index in [1.165, 1.54) is 24.9 Å². The van der Waals surface area contributed by atoms with Crippen LogP contribution in [-0.4, -0.2) is 26.7 Å². The molecule has 0 bridgehead atoms. The van der Waals surface area contributed by atoms with Gasteiger partial charge >= 0.3 is 0 Å². The van der Waals surface area contributed by atoms with Gasteiger partial charge in [-0.25, -0.2) is 0 Å². The Morgan fingerprint density at radius 1 is 1.33 bits per heavy atom. The van der Waals surface area contributed by atoms with Gasteiger partial charge in [-0.05, 0) is 18.6 Å². The van der Waals surface area contributed by atoms with Gasteiger partial charge in [-0.2, -0.15) is 0 Å². The maximum Gasteiger partial charge on any atom is 0.120 e. The van der Waals surface area contributed by atoms with Crippen LogP contribution in [0.4, 0.5) is 5.69 Å². The second kappa shape index (κ2) is 7.98. The van der Waals surface area contributed by atoms with Gasteiger partial charge in [0.1, 0.15) is 5.75 Å². The Kier molecular flexibility index (Phi) is 6.58. The van der Waals surface area contributed by atoms with Gasteiger partial charge in [0.2, 0.25) is 0 Å². The SMILES string of the molecule is CCCCCC(CN)N(C)c1cccc(OC)c1. The Hall–Kier alpha value is -1.22. The van der Waals surface area contributed by atoms with Crippen molar-refractivity contribution in [3.63, 3.8) is 0 Å². The molecule has 1 unspecified atom stereocenters. The van der Waals surface area contributed by atoms with Crippen LogP contribution in [0.2, 0.25) is 0 Å². The lowest BCUT2D eigenvalue weighted by Gasteiger charge is -2.29. The minimum absolute atomic E-state index is 0.406. The second-order valence-electron chi connectivity index (χ2n) is 4.70. The Morgan fingerprint density at radius 3 is 2.72 bits per heavy atom. The number of nitrogens with two attached hydrogens (primary N) is 1. The summed E-state index contributed by atoms with van der Waals surface area (Å²) in [5.41, 5.74) is 7.06. The summed E-state index contributed by atoms with van der Waals surface area (Å²) in [5, 5.41) is 0. The number of ether oxygens (including phenoxy) is 1. The zero-order valence-electron chi connectivity index (χ0n) is 11.9. The predicted molar refractivity (Wildman–Crippen MR) is 78.4 cm³/mol. The molecule has 2 N–H and O–H groups in total. The third-order valence-electron chi connectivity index (χ3n) is 3.42. The first-order valence-corrected chi connectivity index (χ1v) is 6.79. The second-order valence-corrected chi connectivity index (χ2v) is 4.70. The number of hydrogen-bond donors (Lipinski definition) is 1. The van der Waals surface area contributed by atoms with Crippen molar-refractivity contribution >= 4 is 5.69 Å². The van der Waals surface area contributed by atoms with Gasteiger partial charge in [0, 0.05) is 31.4 Å². The maximum atomic E-state index is 5.89. The van der Waals surface area contributed by atoms with E-state index in [9.17, 15) is 0 Å². The number of hydrogen-bond acceptors (Lipinski definition) is 3. The molecule has 0 fully saturated rings. The fourth-order valence-corrected chi connectivity index (χ4v) is 2.14. The summed E-state index contributed by atoms with van der Waals surface area (Å²) >= 11 is 0. The van der Waals surface area contributed by atoms with Crippen LogP contribution in [0.25, 0.3) is 0 Å². The minimum atomic E-state index is 0.406. The van der Waals surface area contributed by atoms with Crippen LogP contribution in [0.1, 0.15) is 32.6 Å². The molecule has 0 aliphatic heterocycles. The molecule has 3 nitrogen and oxygen atoms in total. The number of nitrogens with zero attached hydrogens (tertiary/aromatic N) is 1. The van der Waals surface area contributed by atoms with Gasteiger partial charge in [0.25, 0.3) is 0 Å². The van der Waals surface area contributed by atoms with Crippen molar-refractivity contribution in [2.45, 2.75) is 38.6 Å². The molecule has 0 heterocycles. The molecular weight excluding hydrogens is 224 g/mol. The van der Waals surface area contributed by atoms with Crippen LogP contribution >= 0.6 is 0 Å². The molecule has 0 saturated carbocycles. The van der Waals surface area contributed by atoms with E-state index in [2.05, 4.69) is 31.0 Å². The summed E-state index contributed by atoms with van der Waals surface area (Å²) in [5.74, 6) is 0.892. The van der Waals surface area contributed by atoms with E-state index in [4.69, 9.17) is 10.5 Å². The van der Waals surface area contributed by atoms with E-state index >= 15 is 0 Å². The van der Waals surface area contributed by atoms with Gasteiger partial charge in [0.05, 0.1) is 7.11 Å². The van der Waals surface area contributed by atoms with Gasteiger partial charge in [-0.1, -0.05) is 32.3 Å². The van der Waals surface area contributed by atoms with E-state index in [0.29, 0.717) is 12.6 Å². The van der Waals surface area contributed by atoms with Crippen LogP contribution in [0, 0.1) is 0 Å². The highest BCUT2D eigenvalue weighted by Crippen LogP contribution is 2.22. The fourth-order valence-electron chi connectivity index (χ4n) is 2.14. The molecule has 1 rings (SSSR count). The lowest BCUT2D eigenvalue weighted by atomic mass is 10.1. The summed E-state index contributed by atoms with van der Waals surface area (Å²) in [6.07, 6.45) is 4.92. The molecule has 1 atom stereocenters. The van der Waals surface area contributed by atoms with E-state index in [1.807, 2.05) is 12.1 Å². The van der Waals surface area contributed by atoms with Gasteiger partial charge in [0.15, 0.2) is 0 Å². The molecule has 0 aliphatic rings. The standard InChI is InChI=1S/C15H26N2O/c1-4-5-6-8-14(12-16)17(2)13-9-7-10-15(11-13)18-3/h7,9-11,14H,4-6,8,12,16H2,1-3H3. The first-order chi connectivity index (χ1) is 8.72. The molecule has 0 aliphatic carbocycles. The highest BCUT2D eigenvalue weighted by Gasteiger charge is 2.13. The van der Waals surface area contributed by atoms with Crippen molar-refractivity contribution in [2.24, 2.45) is 5.73 Å². The molecular formula is C15H26N2O. The summed E-state index contributed by atoms with van der Waals surface area (Å²) in [6.45, 7) is 2.92. The molecule has 102 valence electrons. The Balaban J connectivity index is 2.66. The summed E-state index contributed by atoms with van der Waals surface area (Å²) in [4.78, 5) is 2.26. The van der Waals surface area contributed by atoms with E-state index in [1.54, 1.807) is 7.11 Å². The summed E-state index contributed by atoms with van der Waals surface area (Å²) < 4.78 is 5.26. The molecule has 0 spiro atoms. The molecule has 0 radical (unpaired) electrons. The molecule has 0 amide bonds. The average molecular weight is 250 g/mol. The minimum Gasteiger partial charge on any atom is -0.497 e. The van der Waals surface area contributed by atoms with E-state index < -0.39 is 0 Å². The largest absolute Gasteiger partial charge is 0.497 e. The monoisotopic (exact) mass is 250 g/mol. The van der Waals surface area contributed by atoms with E-state index in [-0.39, 0.29) is 0 Å². The van der Waals surface area contributed by atoms with Crippen LogP contribution in [0.15, 0.2) is 24.3 Å². The zero-order valence-corrected chi connectivity index (χ0v) is 11.9. The number of anilines is 1. The van der Waals surface area contributed by atoms with Crippen LogP contribution < -0.4 is 15.4 Å². The highest BCUT2D eigenvalue weighted by molar-refractivity contribution is 5.50. The maximum absolute atomic E-state index is 5.89. The summed E-state index contributed by atoms with van der Waals surface area (Å²) in [7, 11) is 3.80. The van der Waals surface area contributed by atoms with Crippen molar-refractivity contribution in [3.05, 3.63) is 24.3 Å². The van der Waals surface area contributed by atoms with Crippen LogP contribution in [0.5, 0.6) is 5.75 Å². The lowest BCUT2D eigenvalue weighted by Crippen LogP contribution is -2.37. The van der Waals surface area contributed by atoms with Crippen molar-refractivity contribution in [1.29, 1.82) is 0 Å². The molecule has 1 aromatic rings. The van der Waals surface area contributed by atoms with Crippen molar-refractivity contribution in [2.75, 3.05) is 25.6 Å². The number of methoxy groups -OCH3 is 1. The Morgan fingerprint density at radius 2 is 2.11 bits per heavy atom. The normalized spacial score (nSPS) is 12.2. The third-order valence-corrected chi connectivity index (χ3v) is 3.42. The van der Waals surface area contributed by atoms with Crippen LogP contribution in [-0.2, 0) is 0 Å². The molecule has 3 heteroatoms. The molecule has 0 saturated heterocycles.